The number of allylic oxidation sites excluding steroid dienone is 12. The molecule has 0 heterocycles. The molecule has 0 amide bonds. The normalized spacial score (nSPS) is 12.6. The van der Waals surface area contributed by atoms with Crippen molar-refractivity contribution in [1.29, 1.82) is 0 Å². The largest absolute Gasteiger partial charge is 0.462 e. The van der Waals surface area contributed by atoms with Crippen LogP contribution in [0, 0.1) is 0 Å². The second-order valence-corrected chi connectivity index (χ2v) is 22.5. The average Bonchev–Trinajstić information content (AvgIpc) is 3.42. The van der Waals surface area contributed by atoms with Crippen LogP contribution in [0.2, 0.25) is 0 Å². The van der Waals surface area contributed by atoms with Crippen LogP contribution >= 0.6 is 0 Å². The zero-order valence-corrected chi connectivity index (χ0v) is 50.8. The van der Waals surface area contributed by atoms with E-state index in [9.17, 15) is 14.7 Å². The summed E-state index contributed by atoms with van der Waals surface area (Å²) in [6, 6.07) is 0. The molecule has 442 valence electrons. The first-order valence-corrected chi connectivity index (χ1v) is 33.5. The fraction of sp³-hybridized carbons (Fsp3) is 0.803. The zero-order valence-electron chi connectivity index (χ0n) is 50.8. The fourth-order valence-electron chi connectivity index (χ4n) is 9.99. The van der Waals surface area contributed by atoms with E-state index in [0.717, 1.165) is 70.6 Å². The lowest BCUT2D eigenvalue weighted by molar-refractivity contribution is -0.161. The molecule has 0 fully saturated rings. The summed E-state index contributed by atoms with van der Waals surface area (Å²) in [7, 11) is 0. The molecule has 0 aliphatic heterocycles. The summed E-state index contributed by atoms with van der Waals surface area (Å²) in [6.45, 7) is 4.05. The van der Waals surface area contributed by atoms with Gasteiger partial charge in [0.1, 0.15) is 6.61 Å². The minimum Gasteiger partial charge on any atom is -0.462 e. The lowest BCUT2D eigenvalue weighted by Gasteiger charge is -2.15. The molecule has 5 nitrogen and oxygen atoms in total. The molecule has 0 aromatic heterocycles. The first kappa shape index (κ1) is 73.3. The number of aliphatic hydroxyl groups excluding tert-OH is 1. The molecule has 0 saturated carbocycles. The van der Waals surface area contributed by atoms with Gasteiger partial charge in [-0.05, 0) is 83.5 Å². The van der Waals surface area contributed by atoms with Gasteiger partial charge in [0.15, 0.2) is 6.10 Å². The summed E-state index contributed by atoms with van der Waals surface area (Å²) in [4.78, 5) is 24.6. The number of carbonyl (C=O) groups is 2. The third kappa shape index (κ3) is 63.9. The average molecular weight is 1060 g/mol. The molecule has 0 rings (SSSR count). The minimum absolute atomic E-state index is 0.0651. The molecule has 5 heteroatoms. The Hall–Kier alpha value is -2.66. The summed E-state index contributed by atoms with van der Waals surface area (Å²) >= 11 is 0. The van der Waals surface area contributed by atoms with Crippen molar-refractivity contribution >= 4 is 11.9 Å². The highest BCUT2D eigenvalue weighted by Gasteiger charge is 2.16. The Morgan fingerprint density at radius 1 is 0.316 bits per heavy atom. The highest BCUT2D eigenvalue weighted by Crippen LogP contribution is 2.18. The summed E-state index contributed by atoms with van der Waals surface area (Å²) in [5.74, 6) is -0.579. The van der Waals surface area contributed by atoms with Crippen LogP contribution in [0.1, 0.15) is 348 Å². The van der Waals surface area contributed by atoms with E-state index < -0.39 is 6.10 Å². The molecular formula is C71H128O5. The smallest absolute Gasteiger partial charge is 0.306 e. The molecular weight excluding hydrogens is 933 g/mol. The third-order valence-corrected chi connectivity index (χ3v) is 15.0. The van der Waals surface area contributed by atoms with Crippen molar-refractivity contribution in [3.05, 3.63) is 72.9 Å². The Labute approximate surface area is 473 Å². The highest BCUT2D eigenvalue weighted by atomic mass is 16.6. The topological polar surface area (TPSA) is 72.8 Å². The Morgan fingerprint density at radius 3 is 0.855 bits per heavy atom. The van der Waals surface area contributed by atoms with E-state index in [0.29, 0.717) is 12.8 Å². The van der Waals surface area contributed by atoms with E-state index in [1.54, 1.807) is 0 Å². The number of rotatable bonds is 62. The standard InChI is InChI=1S/C71H128O5/c1-3-5-7-9-11-13-15-17-19-21-23-25-26-27-28-29-30-31-32-33-34-35-36-37-38-39-40-41-42-43-44-46-48-50-52-54-56-58-60-62-64-66-71(74)76-69(67-72)68-75-70(73)65-63-61-59-57-55-53-51-49-47-45-24-22-20-18-16-14-12-10-8-6-4-2/h5,7,11,13,16-19,22-25,69,72H,3-4,6,8-10,12,14-15,20-21,26-68H2,1-2H3/b7-5-,13-11-,18-16-,19-17-,24-22-,25-23-. The fourth-order valence-corrected chi connectivity index (χ4v) is 9.99. The maximum absolute atomic E-state index is 12.3. The number of carbonyl (C=O) groups excluding carboxylic acids is 2. The summed E-state index contributed by atoms with van der Waals surface area (Å²) in [6.07, 6.45) is 92.2. The van der Waals surface area contributed by atoms with Gasteiger partial charge in [-0.15, -0.1) is 0 Å². The van der Waals surface area contributed by atoms with Gasteiger partial charge in [-0.3, -0.25) is 9.59 Å². The van der Waals surface area contributed by atoms with Gasteiger partial charge < -0.3 is 14.6 Å². The summed E-state index contributed by atoms with van der Waals surface area (Å²) in [5.41, 5.74) is 0. The second-order valence-electron chi connectivity index (χ2n) is 22.5. The number of aliphatic hydroxyl groups is 1. The maximum atomic E-state index is 12.3. The lowest BCUT2D eigenvalue weighted by Crippen LogP contribution is -2.28. The van der Waals surface area contributed by atoms with E-state index in [2.05, 4.69) is 86.8 Å². The van der Waals surface area contributed by atoms with Gasteiger partial charge >= 0.3 is 11.9 Å². The van der Waals surface area contributed by atoms with Gasteiger partial charge in [-0.2, -0.15) is 0 Å². The minimum atomic E-state index is -0.774. The number of hydrogen-bond acceptors (Lipinski definition) is 5. The molecule has 1 N–H and O–H groups in total. The van der Waals surface area contributed by atoms with Gasteiger partial charge in [-0.1, -0.05) is 324 Å². The Kier molecular flexibility index (Phi) is 64.3. The number of unbranched alkanes of at least 4 members (excludes halogenated alkanes) is 42. The quantitative estimate of drug-likeness (QED) is 0.0373. The van der Waals surface area contributed by atoms with E-state index in [1.807, 2.05) is 0 Å². The predicted octanol–water partition coefficient (Wildman–Crippen LogP) is 23.1. The molecule has 0 spiro atoms. The molecule has 0 aromatic carbocycles. The SMILES string of the molecule is CC/C=C\C/C=C\C/C=C\C/C=C\CCCCCCCCCCCCCCCCCCCCCCCCCCCCCCC(=O)OC(CO)COC(=O)CCCCCCCCCCC/C=C\C/C=C\CCCCCCC. The zero-order chi connectivity index (χ0) is 54.8. The first-order valence-electron chi connectivity index (χ1n) is 33.5. The number of esters is 2. The Balaban J connectivity index is 3.39. The molecule has 1 unspecified atom stereocenters. The van der Waals surface area contributed by atoms with Gasteiger partial charge in [0.2, 0.25) is 0 Å². The van der Waals surface area contributed by atoms with Crippen LogP contribution in [-0.2, 0) is 19.1 Å². The van der Waals surface area contributed by atoms with Crippen molar-refractivity contribution in [3.8, 4) is 0 Å². The van der Waals surface area contributed by atoms with E-state index in [-0.39, 0.29) is 25.2 Å². The molecule has 0 aliphatic rings. The van der Waals surface area contributed by atoms with Gasteiger partial charge in [0.05, 0.1) is 6.61 Å². The monoisotopic (exact) mass is 1060 g/mol. The van der Waals surface area contributed by atoms with Crippen molar-refractivity contribution in [1.82, 2.24) is 0 Å². The lowest BCUT2D eigenvalue weighted by atomic mass is 10.0. The van der Waals surface area contributed by atoms with Crippen LogP contribution < -0.4 is 0 Å². The molecule has 76 heavy (non-hydrogen) atoms. The van der Waals surface area contributed by atoms with Gasteiger partial charge in [0.25, 0.3) is 0 Å². The summed E-state index contributed by atoms with van der Waals surface area (Å²) < 4.78 is 10.7. The van der Waals surface area contributed by atoms with Crippen molar-refractivity contribution in [2.75, 3.05) is 13.2 Å². The van der Waals surface area contributed by atoms with Crippen molar-refractivity contribution in [3.63, 3.8) is 0 Å². The molecule has 0 aromatic rings. The molecule has 0 radical (unpaired) electrons. The Bertz CT molecular complexity index is 1340. The molecule has 0 saturated heterocycles. The van der Waals surface area contributed by atoms with Crippen molar-refractivity contribution < 1.29 is 24.2 Å². The van der Waals surface area contributed by atoms with E-state index >= 15 is 0 Å². The van der Waals surface area contributed by atoms with Crippen molar-refractivity contribution in [2.24, 2.45) is 0 Å². The first-order chi connectivity index (χ1) is 37.6. The number of hydrogen-bond donors (Lipinski definition) is 1. The van der Waals surface area contributed by atoms with Gasteiger partial charge in [-0.25, -0.2) is 0 Å². The van der Waals surface area contributed by atoms with Crippen LogP contribution in [0.5, 0.6) is 0 Å². The van der Waals surface area contributed by atoms with Crippen molar-refractivity contribution in [2.45, 2.75) is 354 Å². The van der Waals surface area contributed by atoms with E-state index in [4.69, 9.17) is 9.47 Å². The molecule has 0 bridgehead atoms. The number of ether oxygens (including phenoxy) is 2. The molecule has 0 aliphatic carbocycles. The van der Waals surface area contributed by atoms with Crippen LogP contribution in [0.3, 0.4) is 0 Å². The van der Waals surface area contributed by atoms with Gasteiger partial charge in [0, 0.05) is 12.8 Å². The van der Waals surface area contributed by atoms with Crippen LogP contribution in [0.15, 0.2) is 72.9 Å². The van der Waals surface area contributed by atoms with E-state index in [1.165, 1.54) is 250 Å². The van der Waals surface area contributed by atoms with Crippen LogP contribution in [0.25, 0.3) is 0 Å². The maximum Gasteiger partial charge on any atom is 0.306 e. The predicted molar refractivity (Wildman–Crippen MR) is 334 cm³/mol. The molecule has 1 atom stereocenters. The van der Waals surface area contributed by atoms with Crippen LogP contribution in [-0.4, -0.2) is 36.4 Å². The summed E-state index contributed by atoms with van der Waals surface area (Å²) in [5, 5.41) is 9.68. The third-order valence-electron chi connectivity index (χ3n) is 15.0. The second kappa shape index (κ2) is 66.6. The highest BCUT2D eigenvalue weighted by molar-refractivity contribution is 5.70. The van der Waals surface area contributed by atoms with Crippen LogP contribution in [0.4, 0.5) is 0 Å². The Morgan fingerprint density at radius 2 is 0.566 bits per heavy atom.